The summed E-state index contributed by atoms with van der Waals surface area (Å²) in [6, 6.07) is 0. The van der Waals surface area contributed by atoms with Gasteiger partial charge in [0.2, 0.25) is 0 Å². The van der Waals surface area contributed by atoms with Crippen LogP contribution in [0.4, 0.5) is 0 Å². The van der Waals surface area contributed by atoms with E-state index < -0.39 is 0 Å². The summed E-state index contributed by atoms with van der Waals surface area (Å²) in [5.41, 5.74) is 0. The molecular formula is C19H40O. The number of rotatable bonds is 13. The number of aliphatic hydroxyl groups excluding tert-OH is 1. The summed E-state index contributed by atoms with van der Waals surface area (Å²) in [5.74, 6) is 3.13. The van der Waals surface area contributed by atoms with Crippen LogP contribution in [0.15, 0.2) is 0 Å². The monoisotopic (exact) mass is 284 g/mol. The van der Waals surface area contributed by atoms with Crippen molar-refractivity contribution in [1.82, 2.24) is 0 Å². The minimum Gasteiger partial charge on any atom is -0.396 e. The van der Waals surface area contributed by atoms with Gasteiger partial charge in [-0.1, -0.05) is 86.0 Å². The predicted molar refractivity (Wildman–Crippen MR) is 91.0 cm³/mol. The van der Waals surface area contributed by atoms with Crippen LogP contribution in [0.1, 0.15) is 92.4 Å². The third kappa shape index (κ3) is 13.0. The van der Waals surface area contributed by atoms with Crippen molar-refractivity contribution in [3.63, 3.8) is 0 Å². The highest BCUT2D eigenvalue weighted by Gasteiger charge is 2.07. The Morgan fingerprint density at radius 3 is 1.25 bits per heavy atom. The van der Waals surface area contributed by atoms with E-state index in [4.69, 9.17) is 5.11 Å². The third-order valence-electron chi connectivity index (χ3n) is 4.58. The molecular weight excluding hydrogens is 244 g/mol. The minimum atomic E-state index is 0.349. The number of hydrogen-bond donors (Lipinski definition) is 1. The van der Waals surface area contributed by atoms with Crippen LogP contribution < -0.4 is 0 Å². The molecule has 0 aliphatic heterocycles. The lowest BCUT2D eigenvalue weighted by atomic mass is 9.91. The van der Waals surface area contributed by atoms with Gasteiger partial charge in [-0.05, 0) is 30.1 Å². The van der Waals surface area contributed by atoms with Crippen molar-refractivity contribution in [3.05, 3.63) is 0 Å². The molecule has 0 amide bonds. The molecule has 122 valence electrons. The smallest absolute Gasteiger partial charge is 0.0456 e. The molecule has 0 rings (SSSR count). The van der Waals surface area contributed by atoms with Crippen molar-refractivity contribution in [3.8, 4) is 0 Å². The van der Waals surface area contributed by atoms with Gasteiger partial charge in [0.15, 0.2) is 0 Å². The molecule has 3 atom stereocenters. The predicted octanol–water partition coefficient (Wildman–Crippen LogP) is 6.05. The molecule has 0 unspecified atom stereocenters. The van der Waals surface area contributed by atoms with Gasteiger partial charge in [0, 0.05) is 6.61 Å². The maximum atomic E-state index is 9.01. The Bertz CT molecular complexity index is 200. The van der Waals surface area contributed by atoms with E-state index in [0.29, 0.717) is 12.5 Å². The second-order valence-electron chi connectivity index (χ2n) is 7.68. The van der Waals surface area contributed by atoms with Crippen LogP contribution in [0.3, 0.4) is 0 Å². The molecule has 0 aromatic rings. The van der Waals surface area contributed by atoms with E-state index in [-0.39, 0.29) is 0 Å². The van der Waals surface area contributed by atoms with Crippen molar-refractivity contribution in [2.45, 2.75) is 92.4 Å². The second-order valence-corrected chi connectivity index (χ2v) is 7.68. The largest absolute Gasteiger partial charge is 0.396 e. The zero-order valence-electron chi connectivity index (χ0n) is 14.8. The van der Waals surface area contributed by atoms with Gasteiger partial charge < -0.3 is 5.11 Å². The molecule has 1 nitrogen and oxygen atoms in total. The van der Waals surface area contributed by atoms with Crippen LogP contribution in [-0.4, -0.2) is 11.7 Å². The first-order valence-corrected chi connectivity index (χ1v) is 9.06. The fourth-order valence-corrected chi connectivity index (χ4v) is 2.88. The average molecular weight is 285 g/mol. The first kappa shape index (κ1) is 20.0. The maximum absolute atomic E-state index is 9.01. The third-order valence-corrected chi connectivity index (χ3v) is 4.58. The lowest BCUT2D eigenvalue weighted by Gasteiger charge is -2.15. The van der Waals surface area contributed by atoms with E-state index >= 15 is 0 Å². The maximum Gasteiger partial charge on any atom is 0.0456 e. The molecule has 0 heterocycles. The van der Waals surface area contributed by atoms with E-state index in [1.54, 1.807) is 0 Å². The molecule has 20 heavy (non-hydrogen) atoms. The Hall–Kier alpha value is -0.0400. The summed E-state index contributed by atoms with van der Waals surface area (Å²) in [4.78, 5) is 0. The lowest BCUT2D eigenvalue weighted by Crippen LogP contribution is -2.03. The average Bonchev–Trinajstić information content (AvgIpc) is 2.38. The zero-order chi connectivity index (χ0) is 15.4. The van der Waals surface area contributed by atoms with Crippen LogP contribution in [-0.2, 0) is 0 Å². The van der Waals surface area contributed by atoms with E-state index in [2.05, 4.69) is 34.6 Å². The normalized spacial score (nSPS) is 16.4. The first-order chi connectivity index (χ1) is 9.45. The highest BCUT2D eigenvalue weighted by Crippen LogP contribution is 2.21. The topological polar surface area (TPSA) is 20.2 Å². The molecule has 0 saturated heterocycles. The van der Waals surface area contributed by atoms with Gasteiger partial charge >= 0.3 is 0 Å². The molecule has 1 N–H and O–H groups in total. The van der Waals surface area contributed by atoms with Crippen molar-refractivity contribution in [2.75, 3.05) is 6.61 Å². The summed E-state index contributed by atoms with van der Waals surface area (Å²) in [6.45, 7) is 12.0. The van der Waals surface area contributed by atoms with Crippen LogP contribution >= 0.6 is 0 Å². The molecule has 0 aliphatic rings. The standard InChI is InChI=1S/C19H40O/c1-16(2)9-6-10-17(3)11-7-12-18(4)13-8-14-19(5)15-20/h16-20H,6-15H2,1-5H3/t17-,18+,19-/m1/s1. The van der Waals surface area contributed by atoms with Gasteiger partial charge in [-0.2, -0.15) is 0 Å². The summed E-state index contributed by atoms with van der Waals surface area (Å²) in [5, 5.41) is 9.01. The zero-order valence-corrected chi connectivity index (χ0v) is 14.8. The van der Waals surface area contributed by atoms with E-state index in [1.807, 2.05) is 0 Å². The molecule has 0 bridgehead atoms. The molecule has 0 saturated carbocycles. The summed E-state index contributed by atoms with van der Waals surface area (Å²) in [7, 11) is 0. The number of aliphatic hydroxyl groups is 1. The van der Waals surface area contributed by atoms with Crippen LogP contribution in [0.2, 0.25) is 0 Å². The van der Waals surface area contributed by atoms with E-state index in [0.717, 1.165) is 17.8 Å². The summed E-state index contributed by atoms with van der Waals surface area (Å²) < 4.78 is 0. The Balaban J connectivity index is 3.43. The van der Waals surface area contributed by atoms with Gasteiger partial charge in [0.05, 0.1) is 0 Å². The fraction of sp³-hybridized carbons (Fsp3) is 1.00. The molecule has 0 radical (unpaired) electrons. The molecule has 0 aromatic carbocycles. The number of hydrogen-bond acceptors (Lipinski definition) is 1. The molecule has 0 aliphatic carbocycles. The SMILES string of the molecule is CC(C)CCC[C@@H](C)CCC[C@H](C)CCC[C@@H](C)CO. The van der Waals surface area contributed by atoms with Crippen molar-refractivity contribution >= 4 is 0 Å². The highest BCUT2D eigenvalue weighted by molar-refractivity contribution is 4.60. The lowest BCUT2D eigenvalue weighted by molar-refractivity contribution is 0.225. The Morgan fingerprint density at radius 1 is 0.550 bits per heavy atom. The minimum absolute atomic E-state index is 0.349. The Morgan fingerprint density at radius 2 is 0.900 bits per heavy atom. The van der Waals surface area contributed by atoms with Crippen LogP contribution in [0, 0.1) is 23.7 Å². The summed E-state index contributed by atoms with van der Waals surface area (Å²) >= 11 is 0. The molecule has 0 aromatic heterocycles. The van der Waals surface area contributed by atoms with Gasteiger partial charge in [0.25, 0.3) is 0 Å². The van der Waals surface area contributed by atoms with Crippen LogP contribution in [0.25, 0.3) is 0 Å². The second kappa shape index (κ2) is 12.7. The van der Waals surface area contributed by atoms with Crippen molar-refractivity contribution in [1.29, 1.82) is 0 Å². The van der Waals surface area contributed by atoms with Gasteiger partial charge in [0.1, 0.15) is 0 Å². The van der Waals surface area contributed by atoms with Crippen LogP contribution in [0.5, 0.6) is 0 Å². The Labute approximate surface area is 128 Å². The van der Waals surface area contributed by atoms with Crippen molar-refractivity contribution in [2.24, 2.45) is 23.7 Å². The van der Waals surface area contributed by atoms with E-state index in [1.165, 1.54) is 57.8 Å². The summed E-state index contributed by atoms with van der Waals surface area (Å²) in [6.07, 6.45) is 12.2. The molecule has 0 fully saturated rings. The van der Waals surface area contributed by atoms with E-state index in [9.17, 15) is 0 Å². The van der Waals surface area contributed by atoms with Gasteiger partial charge in [-0.25, -0.2) is 0 Å². The quantitative estimate of drug-likeness (QED) is 0.436. The van der Waals surface area contributed by atoms with Gasteiger partial charge in [-0.3, -0.25) is 0 Å². The molecule has 0 spiro atoms. The molecule has 1 heteroatoms. The fourth-order valence-electron chi connectivity index (χ4n) is 2.88. The first-order valence-electron chi connectivity index (χ1n) is 9.06. The van der Waals surface area contributed by atoms with Crippen molar-refractivity contribution < 1.29 is 5.11 Å². The Kier molecular flexibility index (Phi) is 12.7. The van der Waals surface area contributed by atoms with Gasteiger partial charge in [-0.15, -0.1) is 0 Å². The highest BCUT2D eigenvalue weighted by atomic mass is 16.3.